The number of ether oxygens (including phenoxy) is 1. The van der Waals surface area contributed by atoms with Crippen molar-refractivity contribution in [3.8, 4) is 5.75 Å². The smallest absolute Gasteiger partial charge is 0.339 e. The number of benzene rings is 1. The summed E-state index contributed by atoms with van der Waals surface area (Å²) in [6, 6.07) is 5.34. The predicted octanol–water partition coefficient (Wildman–Crippen LogP) is 3.67. The van der Waals surface area contributed by atoms with Gasteiger partial charge in [-0.3, -0.25) is 0 Å². The first-order valence-electron chi connectivity index (χ1n) is 5.97. The number of carboxylic acids is 1. The van der Waals surface area contributed by atoms with Crippen molar-refractivity contribution in [2.45, 2.75) is 31.8 Å². The highest BCUT2D eigenvalue weighted by molar-refractivity contribution is 7.99. The molecule has 0 aliphatic rings. The number of carboxylic acid groups (broad SMARTS) is 1. The highest BCUT2D eigenvalue weighted by Gasteiger charge is 2.13. The van der Waals surface area contributed by atoms with Crippen molar-refractivity contribution >= 4 is 17.7 Å². The number of rotatable bonds is 6. The van der Waals surface area contributed by atoms with Crippen molar-refractivity contribution in [1.82, 2.24) is 0 Å². The molecule has 100 valence electrons. The third-order valence-corrected chi connectivity index (χ3v) is 4.52. The minimum Gasteiger partial charge on any atom is -0.496 e. The lowest BCUT2D eigenvalue weighted by Gasteiger charge is -2.15. The van der Waals surface area contributed by atoms with Crippen LogP contribution in [0.5, 0.6) is 5.75 Å². The van der Waals surface area contributed by atoms with Crippen molar-refractivity contribution in [2.75, 3.05) is 7.11 Å². The number of thioether (sulfide) groups is 1. The van der Waals surface area contributed by atoms with Crippen molar-refractivity contribution < 1.29 is 14.6 Å². The Morgan fingerprint density at radius 2 is 2.06 bits per heavy atom. The third kappa shape index (κ3) is 3.95. The Morgan fingerprint density at radius 3 is 2.56 bits per heavy atom. The summed E-state index contributed by atoms with van der Waals surface area (Å²) in [6.45, 7) is 6.57. The van der Waals surface area contributed by atoms with Gasteiger partial charge in [0.2, 0.25) is 0 Å². The molecule has 0 aliphatic heterocycles. The molecule has 0 aliphatic carbocycles. The van der Waals surface area contributed by atoms with E-state index in [1.165, 1.54) is 7.11 Å². The summed E-state index contributed by atoms with van der Waals surface area (Å²) < 4.78 is 5.04. The van der Waals surface area contributed by atoms with E-state index in [4.69, 9.17) is 9.84 Å². The second-order valence-electron chi connectivity index (χ2n) is 4.60. The van der Waals surface area contributed by atoms with Crippen LogP contribution in [-0.2, 0) is 5.75 Å². The van der Waals surface area contributed by atoms with E-state index < -0.39 is 5.97 Å². The topological polar surface area (TPSA) is 46.5 Å². The molecule has 1 aromatic rings. The van der Waals surface area contributed by atoms with E-state index in [-0.39, 0.29) is 5.56 Å². The van der Waals surface area contributed by atoms with Crippen LogP contribution in [0.25, 0.3) is 0 Å². The molecule has 0 bridgehead atoms. The molecule has 4 heteroatoms. The van der Waals surface area contributed by atoms with Crippen LogP contribution >= 0.6 is 11.8 Å². The molecule has 0 saturated carbocycles. The van der Waals surface area contributed by atoms with E-state index in [9.17, 15) is 4.79 Å². The maximum atomic E-state index is 11.1. The van der Waals surface area contributed by atoms with Gasteiger partial charge in [-0.05, 0) is 23.6 Å². The maximum absolute atomic E-state index is 11.1. The van der Waals surface area contributed by atoms with Crippen LogP contribution in [-0.4, -0.2) is 23.4 Å². The molecule has 1 aromatic carbocycles. The summed E-state index contributed by atoms with van der Waals surface area (Å²) in [4.78, 5) is 11.1. The summed E-state index contributed by atoms with van der Waals surface area (Å²) in [5.74, 6) is 0.903. The molecule has 3 nitrogen and oxygen atoms in total. The molecule has 0 heterocycles. The molecular weight excluding hydrogens is 248 g/mol. The van der Waals surface area contributed by atoms with Gasteiger partial charge in [-0.15, -0.1) is 0 Å². The van der Waals surface area contributed by atoms with Crippen LogP contribution in [0.1, 0.15) is 36.7 Å². The fourth-order valence-corrected chi connectivity index (χ4v) is 2.45. The second-order valence-corrected chi connectivity index (χ2v) is 5.97. The van der Waals surface area contributed by atoms with Crippen LogP contribution in [0, 0.1) is 5.92 Å². The summed E-state index contributed by atoms with van der Waals surface area (Å²) in [5, 5.41) is 9.66. The molecule has 18 heavy (non-hydrogen) atoms. The summed E-state index contributed by atoms with van der Waals surface area (Å²) in [7, 11) is 1.48. The van der Waals surface area contributed by atoms with Crippen LogP contribution in [0.3, 0.4) is 0 Å². The summed E-state index contributed by atoms with van der Waals surface area (Å²) in [5.41, 5.74) is 1.25. The zero-order valence-corrected chi connectivity index (χ0v) is 12.1. The normalized spacial score (nSPS) is 12.5. The number of hydrogen-bond donors (Lipinski definition) is 1. The van der Waals surface area contributed by atoms with Gasteiger partial charge in [0.15, 0.2) is 0 Å². The van der Waals surface area contributed by atoms with Crippen molar-refractivity contribution in [1.29, 1.82) is 0 Å². The molecule has 0 spiro atoms. The number of aromatic carboxylic acids is 1. The van der Waals surface area contributed by atoms with E-state index in [1.54, 1.807) is 12.1 Å². The first kappa shape index (κ1) is 14.9. The van der Waals surface area contributed by atoms with E-state index in [1.807, 2.05) is 17.8 Å². The van der Waals surface area contributed by atoms with Crippen LogP contribution in [0.15, 0.2) is 18.2 Å². The lowest BCUT2D eigenvalue weighted by Crippen LogP contribution is -2.06. The second kappa shape index (κ2) is 6.69. The Bertz CT molecular complexity index is 416. The Morgan fingerprint density at radius 1 is 1.39 bits per heavy atom. The quantitative estimate of drug-likeness (QED) is 0.855. The number of methoxy groups -OCH3 is 1. The van der Waals surface area contributed by atoms with Crippen LogP contribution in [0.4, 0.5) is 0 Å². The predicted molar refractivity (Wildman–Crippen MR) is 75.5 cm³/mol. The van der Waals surface area contributed by atoms with Crippen molar-refractivity contribution in [3.05, 3.63) is 29.3 Å². The van der Waals surface area contributed by atoms with Gasteiger partial charge in [-0.2, -0.15) is 11.8 Å². The van der Waals surface area contributed by atoms with Gasteiger partial charge in [0.1, 0.15) is 11.3 Å². The average Bonchev–Trinajstić information content (AvgIpc) is 2.35. The van der Waals surface area contributed by atoms with Gasteiger partial charge in [0, 0.05) is 11.0 Å². The van der Waals surface area contributed by atoms with Crippen molar-refractivity contribution in [2.24, 2.45) is 5.92 Å². The van der Waals surface area contributed by atoms with Gasteiger partial charge in [-0.1, -0.05) is 26.8 Å². The first-order valence-corrected chi connectivity index (χ1v) is 7.02. The molecule has 1 unspecified atom stereocenters. The molecule has 0 fully saturated rings. The van der Waals surface area contributed by atoms with E-state index in [0.717, 1.165) is 11.3 Å². The standard InChI is InChI=1S/C14H20O3S/c1-9(2)10(3)18-8-11-5-6-13(17-4)12(7-11)14(15)16/h5-7,9-10H,8H2,1-4H3,(H,15,16). The summed E-state index contributed by atoms with van der Waals surface area (Å²) >= 11 is 1.84. The molecular formula is C14H20O3S. The van der Waals surface area contributed by atoms with Gasteiger partial charge in [-0.25, -0.2) is 4.79 Å². The zero-order valence-electron chi connectivity index (χ0n) is 11.3. The fourth-order valence-electron chi connectivity index (χ4n) is 1.43. The average molecular weight is 268 g/mol. The largest absolute Gasteiger partial charge is 0.496 e. The number of carbonyl (C=O) groups is 1. The monoisotopic (exact) mass is 268 g/mol. The van der Waals surface area contributed by atoms with Crippen LogP contribution in [0.2, 0.25) is 0 Å². The van der Waals surface area contributed by atoms with E-state index in [2.05, 4.69) is 20.8 Å². The minimum absolute atomic E-state index is 0.229. The lowest BCUT2D eigenvalue weighted by molar-refractivity contribution is 0.0693. The van der Waals surface area contributed by atoms with E-state index in [0.29, 0.717) is 16.9 Å². The van der Waals surface area contributed by atoms with Crippen LogP contribution < -0.4 is 4.74 Å². The third-order valence-electron chi connectivity index (χ3n) is 2.95. The van der Waals surface area contributed by atoms with Gasteiger partial charge in [0.05, 0.1) is 7.11 Å². The molecule has 1 N–H and O–H groups in total. The molecule has 0 radical (unpaired) electrons. The number of hydrogen-bond acceptors (Lipinski definition) is 3. The Labute approximate surface area is 113 Å². The zero-order chi connectivity index (χ0) is 13.7. The highest BCUT2D eigenvalue weighted by atomic mass is 32.2. The lowest BCUT2D eigenvalue weighted by atomic mass is 10.1. The molecule has 0 saturated heterocycles. The van der Waals surface area contributed by atoms with Gasteiger partial charge in [0.25, 0.3) is 0 Å². The van der Waals surface area contributed by atoms with Crippen molar-refractivity contribution in [3.63, 3.8) is 0 Å². The summed E-state index contributed by atoms with van der Waals surface area (Å²) in [6.07, 6.45) is 0. The minimum atomic E-state index is -0.949. The Kier molecular flexibility index (Phi) is 5.54. The first-order chi connectivity index (χ1) is 8.45. The SMILES string of the molecule is COc1ccc(CSC(C)C(C)C)cc1C(=O)O. The maximum Gasteiger partial charge on any atom is 0.339 e. The Hall–Kier alpha value is -1.16. The van der Waals surface area contributed by atoms with Gasteiger partial charge < -0.3 is 9.84 Å². The fraction of sp³-hybridized carbons (Fsp3) is 0.500. The molecule has 0 aromatic heterocycles. The highest BCUT2D eigenvalue weighted by Crippen LogP contribution is 2.26. The van der Waals surface area contributed by atoms with E-state index >= 15 is 0 Å². The van der Waals surface area contributed by atoms with Gasteiger partial charge >= 0.3 is 5.97 Å². The molecule has 0 amide bonds. The molecule has 1 atom stereocenters. The Balaban J connectivity index is 2.79. The molecule has 1 rings (SSSR count).